The van der Waals surface area contributed by atoms with Crippen LogP contribution in [-0.4, -0.2) is 19.9 Å². The van der Waals surface area contributed by atoms with E-state index >= 15 is 0 Å². The molecule has 5 aromatic carbocycles. The quantitative estimate of drug-likeness (QED) is 0.179. The molecule has 0 saturated heterocycles. The average molecular weight is 615 g/mol. The normalized spacial score (nSPS) is 10.9. The largest absolute Gasteiger partial charge is 0.256 e. The topological polar surface area (TPSA) is 51.6 Å². The van der Waals surface area contributed by atoms with Gasteiger partial charge in [0.05, 0.1) is 22.8 Å². The Morgan fingerprint density at radius 3 is 1.44 bits per heavy atom. The Bertz CT molecular complexity index is 2250. The fourth-order valence-electron chi connectivity index (χ4n) is 5.98. The highest BCUT2D eigenvalue weighted by Crippen LogP contribution is 2.35. The Morgan fingerprint density at radius 2 is 0.854 bits per heavy atom. The van der Waals surface area contributed by atoms with Gasteiger partial charge in [-0.3, -0.25) is 9.97 Å². The molecule has 0 saturated carbocycles. The summed E-state index contributed by atoms with van der Waals surface area (Å²) in [6.07, 6.45) is 3.77. The van der Waals surface area contributed by atoms with Crippen molar-refractivity contribution in [3.05, 3.63) is 182 Å². The van der Waals surface area contributed by atoms with Gasteiger partial charge in [0.25, 0.3) is 0 Å². The van der Waals surface area contributed by atoms with E-state index in [1.54, 1.807) is 0 Å². The molecule has 0 fully saturated rings. The first-order valence-corrected chi connectivity index (χ1v) is 16.0. The summed E-state index contributed by atoms with van der Waals surface area (Å²) >= 11 is 0. The molecule has 0 N–H and O–H groups in total. The maximum atomic E-state index is 5.12. The van der Waals surface area contributed by atoms with Gasteiger partial charge in [0.15, 0.2) is 5.82 Å². The number of aromatic nitrogens is 4. The third-order valence-corrected chi connectivity index (χ3v) is 8.39. The zero-order chi connectivity index (χ0) is 32.1. The van der Waals surface area contributed by atoms with Crippen LogP contribution < -0.4 is 0 Å². The zero-order valence-corrected chi connectivity index (χ0v) is 26.1. The van der Waals surface area contributed by atoms with Crippen LogP contribution in [0.4, 0.5) is 0 Å². The van der Waals surface area contributed by atoms with E-state index in [2.05, 4.69) is 103 Å². The van der Waals surface area contributed by atoms with E-state index in [-0.39, 0.29) is 0 Å². The van der Waals surface area contributed by atoms with E-state index in [0.717, 1.165) is 72.8 Å². The van der Waals surface area contributed by atoms with Crippen LogP contribution in [0.2, 0.25) is 0 Å². The lowest BCUT2D eigenvalue weighted by Crippen LogP contribution is -1.97. The van der Waals surface area contributed by atoms with Gasteiger partial charge in [-0.25, -0.2) is 9.97 Å². The number of hydrogen-bond acceptors (Lipinski definition) is 4. The van der Waals surface area contributed by atoms with Crippen molar-refractivity contribution < 1.29 is 0 Å². The van der Waals surface area contributed by atoms with Gasteiger partial charge in [-0.15, -0.1) is 0 Å². The van der Waals surface area contributed by atoms with Crippen LogP contribution in [-0.2, 0) is 0 Å². The van der Waals surface area contributed by atoms with Gasteiger partial charge in [-0.1, -0.05) is 133 Å². The van der Waals surface area contributed by atoms with E-state index in [1.807, 2.05) is 79.1 Å². The molecule has 4 heteroatoms. The van der Waals surface area contributed by atoms with Gasteiger partial charge in [-0.2, -0.15) is 0 Å². The van der Waals surface area contributed by atoms with E-state index in [4.69, 9.17) is 19.9 Å². The minimum absolute atomic E-state index is 0.661. The van der Waals surface area contributed by atoms with Gasteiger partial charge >= 0.3 is 0 Å². The maximum Gasteiger partial charge on any atom is 0.160 e. The standard InChI is InChI=1S/C44H30N4/c1-5-14-31(15-6-1)36-26-37(40-24-23-35(30-46-40)39-22-13-25-45-43(39)34-20-11-4-12-21-34)28-38(27-36)44-47-41(32-16-7-2-8-17-32)29-42(48-44)33-18-9-3-10-19-33/h1-30H. The summed E-state index contributed by atoms with van der Waals surface area (Å²) < 4.78 is 0. The van der Waals surface area contributed by atoms with Gasteiger partial charge in [0.1, 0.15) is 0 Å². The maximum absolute atomic E-state index is 5.12. The first kappa shape index (κ1) is 28.9. The Hall–Kier alpha value is -6.52. The van der Waals surface area contributed by atoms with Gasteiger partial charge < -0.3 is 0 Å². The smallest absolute Gasteiger partial charge is 0.160 e. The molecule has 0 aliphatic rings. The molecule has 3 aromatic heterocycles. The third-order valence-electron chi connectivity index (χ3n) is 8.39. The Labute approximate surface area is 280 Å². The van der Waals surface area contributed by atoms with Crippen LogP contribution in [0.5, 0.6) is 0 Å². The number of hydrogen-bond donors (Lipinski definition) is 0. The fourth-order valence-corrected chi connectivity index (χ4v) is 5.98. The number of benzene rings is 5. The summed E-state index contributed by atoms with van der Waals surface area (Å²) in [5.41, 5.74) is 12.9. The summed E-state index contributed by atoms with van der Waals surface area (Å²) in [6.45, 7) is 0. The molecule has 226 valence electrons. The van der Waals surface area contributed by atoms with Gasteiger partial charge in [-0.05, 0) is 47.5 Å². The molecule has 0 bridgehead atoms. The first-order chi connectivity index (χ1) is 23.8. The van der Waals surface area contributed by atoms with Crippen LogP contribution >= 0.6 is 0 Å². The molecule has 4 nitrogen and oxygen atoms in total. The number of pyridine rings is 2. The van der Waals surface area contributed by atoms with Crippen LogP contribution in [0, 0.1) is 0 Å². The molecule has 0 spiro atoms. The lowest BCUT2D eigenvalue weighted by molar-refractivity contribution is 1.18. The van der Waals surface area contributed by atoms with Crippen molar-refractivity contribution in [2.45, 2.75) is 0 Å². The third kappa shape index (κ3) is 6.03. The van der Waals surface area contributed by atoms with E-state index in [0.29, 0.717) is 5.82 Å². The average Bonchev–Trinajstić information content (AvgIpc) is 3.19. The Morgan fingerprint density at radius 1 is 0.312 bits per heavy atom. The van der Waals surface area contributed by atoms with Crippen molar-refractivity contribution in [1.29, 1.82) is 0 Å². The molecular formula is C44H30N4. The second-order valence-corrected chi connectivity index (χ2v) is 11.6. The van der Waals surface area contributed by atoms with Crippen LogP contribution in [0.3, 0.4) is 0 Å². The van der Waals surface area contributed by atoms with E-state index in [1.165, 1.54) is 0 Å². The van der Waals surface area contributed by atoms with E-state index in [9.17, 15) is 0 Å². The molecule has 0 aliphatic heterocycles. The van der Waals surface area contributed by atoms with Crippen LogP contribution in [0.25, 0.3) is 78.7 Å². The second-order valence-electron chi connectivity index (χ2n) is 11.6. The van der Waals surface area contributed by atoms with Gasteiger partial charge in [0, 0.05) is 51.3 Å². The zero-order valence-electron chi connectivity index (χ0n) is 26.1. The molecule has 0 radical (unpaired) electrons. The molecule has 8 rings (SSSR count). The number of rotatable bonds is 7. The highest BCUT2D eigenvalue weighted by molar-refractivity contribution is 5.83. The second kappa shape index (κ2) is 13.1. The van der Waals surface area contributed by atoms with Gasteiger partial charge in [0.2, 0.25) is 0 Å². The van der Waals surface area contributed by atoms with Crippen LogP contribution in [0.15, 0.2) is 182 Å². The minimum atomic E-state index is 0.661. The molecule has 0 amide bonds. The monoisotopic (exact) mass is 614 g/mol. The van der Waals surface area contributed by atoms with Crippen molar-refractivity contribution in [1.82, 2.24) is 19.9 Å². The minimum Gasteiger partial charge on any atom is -0.256 e. The van der Waals surface area contributed by atoms with Crippen LogP contribution in [0.1, 0.15) is 0 Å². The Kier molecular flexibility index (Phi) is 7.87. The summed E-state index contributed by atoms with van der Waals surface area (Å²) in [5.74, 6) is 0.661. The lowest BCUT2D eigenvalue weighted by atomic mass is 9.96. The lowest BCUT2D eigenvalue weighted by Gasteiger charge is -2.13. The van der Waals surface area contributed by atoms with Crippen molar-refractivity contribution in [2.24, 2.45) is 0 Å². The Balaban J connectivity index is 1.26. The van der Waals surface area contributed by atoms with Crippen molar-refractivity contribution in [2.75, 3.05) is 0 Å². The highest BCUT2D eigenvalue weighted by atomic mass is 14.9. The number of nitrogens with zero attached hydrogens (tertiary/aromatic N) is 4. The summed E-state index contributed by atoms with van der Waals surface area (Å²) in [6, 6.07) is 58.1. The molecule has 8 aromatic rings. The van der Waals surface area contributed by atoms with Crippen molar-refractivity contribution >= 4 is 0 Å². The predicted molar refractivity (Wildman–Crippen MR) is 196 cm³/mol. The summed E-state index contributed by atoms with van der Waals surface area (Å²) in [4.78, 5) is 19.9. The predicted octanol–water partition coefficient (Wildman–Crippen LogP) is 10.9. The molecule has 48 heavy (non-hydrogen) atoms. The van der Waals surface area contributed by atoms with E-state index < -0.39 is 0 Å². The first-order valence-electron chi connectivity index (χ1n) is 16.0. The SMILES string of the molecule is c1ccc(-c2cc(-c3ccc(-c4cccnc4-c4ccccc4)cn3)cc(-c3nc(-c4ccccc4)cc(-c4ccccc4)n3)c2)cc1. The fraction of sp³-hybridized carbons (Fsp3) is 0. The molecular weight excluding hydrogens is 585 g/mol. The summed E-state index contributed by atoms with van der Waals surface area (Å²) in [5, 5.41) is 0. The summed E-state index contributed by atoms with van der Waals surface area (Å²) in [7, 11) is 0. The molecule has 3 heterocycles. The molecule has 0 unspecified atom stereocenters. The van der Waals surface area contributed by atoms with Crippen molar-refractivity contribution in [3.63, 3.8) is 0 Å². The molecule has 0 aliphatic carbocycles. The van der Waals surface area contributed by atoms with Crippen molar-refractivity contribution in [3.8, 4) is 78.7 Å². The highest BCUT2D eigenvalue weighted by Gasteiger charge is 2.15. The molecule has 0 atom stereocenters.